The second-order valence-electron chi connectivity index (χ2n) is 5.43. The van der Waals surface area contributed by atoms with E-state index in [2.05, 4.69) is 39.2 Å². The maximum absolute atomic E-state index is 9.27. The van der Waals surface area contributed by atoms with Crippen molar-refractivity contribution in [1.82, 2.24) is 9.97 Å². The van der Waals surface area contributed by atoms with E-state index in [9.17, 15) is 5.26 Å². The molecular weight excluding hydrogens is 300 g/mol. The fourth-order valence-electron chi connectivity index (χ4n) is 2.91. The van der Waals surface area contributed by atoms with Gasteiger partial charge in [-0.1, -0.05) is 12.1 Å². The highest BCUT2D eigenvalue weighted by molar-refractivity contribution is 5.88. The number of aryl methyl sites for hydroxylation is 1. The lowest BCUT2D eigenvalue weighted by Gasteiger charge is -2.24. The standard InChI is InChI=1S/C18H20N6/c1-4-20-18-21-12-13(3)17(22-18)24-15-9-7-6-8-14(15)23(5-2)16(24)10-11-19/h6-10,12H,4-5H2,1-3H3,(H,20,21,22). The molecule has 2 aromatic rings. The maximum Gasteiger partial charge on any atom is 0.224 e. The molecule has 1 aliphatic rings. The van der Waals surface area contributed by atoms with Gasteiger partial charge in [0.15, 0.2) is 0 Å². The molecule has 0 spiro atoms. The topological polar surface area (TPSA) is 68.1 Å². The Balaban J connectivity index is 2.20. The molecule has 1 N–H and O–H groups in total. The van der Waals surface area contributed by atoms with E-state index in [1.54, 1.807) is 6.08 Å². The molecule has 6 heteroatoms. The summed E-state index contributed by atoms with van der Waals surface area (Å²) < 4.78 is 0. The van der Waals surface area contributed by atoms with E-state index in [4.69, 9.17) is 0 Å². The van der Waals surface area contributed by atoms with Gasteiger partial charge in [-0.25, -0.2) is 4.98 Å². The Kier molecular flexibility index (Phi) is 4.34. The second kappa shape index (κ2) is 6.59. The number of hydrogen-bond acceptors (Lipinski definition) is 6. The second-order valence-corrected chi connectivity index (χ2v) is 5.43. The number of fused-ring (bicyclic) bond motifs is 1. The summed E-state index contributed by atoms with van der Waals surface area (Å²) in [6, 6.07) is 10.3. The first-order valence-corrected chi connectivity index (χ1v) is 8.05. The van der Waals surface area contributed by atoms with Crippen molar-refractivity contribution in [2.24, 2.45) is 0 Å². The highest BCUT2D eigenvalue weighted by atomic mass is 15.4. The van der Waals surface area contributed by atoms with E-state index in [0.29, 0.717) is 5.95 Å². The molecule has 1 aromatic carbocycles. The van der Waals surface area contributed by atoms with Crippen molar-refractivity contribution in [2.75, 3.05) is 28.2 Å². The first-order chi connectivity index (χ1) is 11.7. The van der Waals surface area contributed by atoms with Gasteiger partial charge in [0.1, 0.15) is 11.6 Å². The van der Waals surface area contributed by atoms with Gasteiger partial charge < -0.3 is 10.2 Å². The fraction of sp³-hybridized carbons (Fsp3) is 0.278. The molecule has 24 heavy (non-hydrogen) atoms. The normalized spacial score (nSPS) is 14.7. The average molecular weight is 320 g/mol. The minimum Gasteiger partial charge on any atom is -0.354 e. The predicted molar refractivity (Wildman–Crippen MR) is 96.2 cm³/mol. The van der Waals surface area contributed by atoms with Gasteiger partial charge in [0.2, 0.25) is 5.95 Å². The van der Waals surface area contributed by atoms with Crippen LogP contribution in [0, 0.1) is 18.3 Å². The Hall–Kier alpha value is -3.07. The Bertz CT molecular complexity index is 820. The summed E-state index contributed by atoms with van der Waals surface area (Å²) in [4.78, 5) is 13.1. The third-order valence-corrected chi connectivity index (χ3v) is 3.92. The molecule has 0 unspecified atom stereocenters. The smallest absolute Gasteiger partial charge is 0.224 e. The van der Waals surface area contributed by atoms with Crippen LogP contribution in [0.25, 0.3) is 0 Å². The van der Waals surface area contributed by atoms with Gasteiger partial charge in [-0.05, 0) is 32.9 Å². The number of benzene rings is 1. The Morgan fingerprint density at radius 3 is 2.67 bits per heavy atom. The fourth-order valence-corrected chi connectivity index (χ4v) is 2.91. The molecule has 1 aromatic heterocycles. The zero-order valence-corrected chi connectivity index (χ0v) is 14.1. The lowest BCUT2D eigenvalue weighted by atomic mass is 10.2. The van der Waals surface area contributed by atoms with E-state index in [1.807, 2.05) is 43.1 Å². The third-order valence-electron chi connectivity index (χ3n) is 3.92. The number of anilines is 4. The number of hydrogen-bond donors (Lipinski definition) is 1. The summed E-state index contributed by atoms with van der Waals surface area (Å²) in [5, 5.41) is 12.4. The quantitative estimate of drug-likeness (QED) is 0.869. The molecule has 0 saturated heterocycles. The van der Waals surface area contributed by atoms with Crippen molar-refractivity contribution in [2.45, 2.75) is 20.8 Å². The lowest BCUT2D eigenvalue weighted by Crippen LogP contribution is -2.26. The van der Waals surface area contributed by atoms with Crippen LogP contribution < -0.4 is 15.1 Å². The number of aromatic nitrogens is 2. The highest BCUT2D eigenvalue weighted by Gasteiger charge is 2.33. The van der Waals surface area contributed by atoms with Crippen molar-refractivity contribution in [1.29, 1.82) is 5.26 Å². The van der Waals surface area contributed by atoms with Crippen LogP contribution in [0.3, 0.4) is 0 Å². The van der Waals surface area contributed by atoms with Crippen LogP contribution in [0.15, 0.2) is 42.4 Å². The monoisotopic (exact) mass is 320 g/mol. The Labute approximate surface area is 142 Å². The molecule has 3 rings (SSSR count). The molecular formula is C18H20N6. The molecule has 122 valence electrons. The largest absolute Gasteiger partial charge is 0.354 e. The van der Waals surface area contributed by atoms with Crippen molar-refractivity contribution in [3.8, 4) is 6.07 Å². The molecule has 0 saturated carbocycles. The molecule has 1 aliphatic heterocycles. The molecule has 0 radical (unpaired) electrons. The SMILES string of the molecule is CCNc1ncc(C)c(N2C(=CC#N)N(CC)c3ccccc32)n1. The van der Waals surface area contributed by atoms with Crippen LogP contribution in [0.2, 0.25) is 0 Å². The summed E-state index contributed by atoms with van der Waals surface area (Å²) in [5.74, 6) is 2.18. The molecule has 0 amide bonds. The Morgan fingerprint density at radius 2 is 2.00 bits per heavy atom. The van der Waals surface area contributed by atoms with E-state index < -0.39 is 0 Å². The molecule has 2 heterocycles. The van der Waals surface area contributed by atoms with Crippen LogP contribution in [-0.4, -0.2) is 23.1 Å². The minimum absolute atomic E-state index is 0.585. The first kappa shape index (κ1) is 15.8. The van der Waals surface area contributed by atoms with Gasteiger partial charge in [-0.15, -0.1) is 0 Å². The van der Waals surface area contributed by atoms with Gasteiger partial charge in [0, 0.05) is 24.8 Å². The molecule has 0 bridgehead atoms. The van der Waals surface area contributed by atoms with Crippen molar-refractivity contribution in [3.63, 3.8) is 0 Å². The van der Waals surface area contributed by atoms with Gasteiger partial charge in [0.05, 0.1) is 23.5 Å². The molecule has 0 atom stereocenters. The number of nitriles is 1. The molecule has 0 aliphatic carbocycles. The lowest BCUT2D eigenvalue weighted by molar-refractivity contribution is 0.945. The predicted octanol–water partition coefficient (Wildman–Crippen LogP) is 3.56. The minimum atomic E-state index is 0.585. The van der Waals surface area contributed by atoms with E-state index in [0.717, 1.165) is 41.7 Å². The van der Waals surface area contributed by atoms with E-state index in [1.165, 1.54) is 0 Å². The van der Waals surface area contributed by atoms with Gasteiger partial charge in [-0.3, -0.25) is 4.90 Å². The van der Waals surface area contributed by atoms with Crippen molar-refractivity contribution in [3.05, 3.63) is 47.9 Å². The van der Waals surface area contributed by atoms with Gasteiger partial charge in [0.25, 0.3) is 0 Å². The summed E-state index contributed by atoms with van der Waals surface area (Å²) in [7, 11) is 0. The van der Waals surface area contributed by atoms with E-state index >= 15 is 0 Å². The first-order valence-electron chi connectivity index (χ1n) is 8.05. The Morgan fingerprint density at radius 1 is 1.25 bits per heavy atom. The molecule has 0 fully saturated rings. The summed E-state index contributed by atoms with van der Waals surface area (Å²) >= 11 is 0. The number of allylic oxidation sites excluding steroid dienone is 1. The molecule has 6 nitrogen and oxygen atoms in total. The zero-order valence-electron chi connectivity index (χ0n) is 14.1. The van der Waals surface area contributed by atoms with Crippen LogP contribution in [0.4, 0.5) is 23.1 Å². The number of rotatable bonds is 4. The van der Waals surface area contributed by atoms with Crippen molar-refractivity contribution >= 4 is 23.1 Å². The van der Waals surface area contributed by atoms with Crippen LogP contribution >= 0.6 is 0 Å². The summed E-state index contributed by atoms with van der Waals surface area (Å²) in [6.45, 7) is 7.58. The van der Waals surface area contributed by atoms with Crippen LogP contribution in [0.1, 0.15) is 19.4 Å². The van der Waals surface area contributed by atoms with Gasteiger partial charge in [-0.2, -0.15) is 10.2 Å². The number of nitrogens with one attached hydrogen (secondary N) is 1. The maximum atomic E-state index is 9.27. The number of para-hydroxylation sites is 2. The van der Waals surface area contributed by atoms with Crippen LogP contribution in [0.5, 0.6) is 0 Å². The zero-order chi connectivity index (χ0) is 17.1. The summed E-state index contributed by atoms with van der Waals surface area (Å²) in [6.07, 6.45) is 3.37. The van der Waals surface area contributed by atoms with Crippen molar-refractivity contribution < 1.29 is 0 Å². The van der Waals surface area contributed by atoms with E-state index in [-0.39, 0.29) is 0 Å². The third kappa shape index (κ3) is 2.54. The average Bonchev–Trinajstić information content (AvgIpc) is 2.90. The number of nitrogens with zero attached hydrogens (tertiary/aromatic N) is 5. The summed E-state index contributed by atoms with van der Waals surface area (Å²) in [5.41, 5.74) is 3.04. The van der Waals surface area contributed by atoms with Gasteiger partial charge >= 0.3 is 0 Å². The highest BCUT2D eigenvalue weighted by Crippen LogP contribution is 2.45. The van der Waals surface area contributed by atoms with Crippen LogP contribution in [-0.2, 0) is 0 Å².